The highest BCUT2D eigenvalue weighted by Crippen LogP contribution is 2.09. The van der Waals surface area contributed by atoms with E-state index in [-0.39, 0.29) is 12.5 Å². The molecule has 1 aromatic carbocycles. The van der Waals surface area contributed by atoms with Gasteiger partial charge in [0.1, 0.15) is 6.04 Å². The van der Waals surface area contributed by atoms with Crippen LogP contribution >= 0.6 is 0 Å². The number of nitrogens with two attached hydrogens (primary N) is 1. The molecule has 0 saturated carbocycles. The lowest BCUT2D eigenvalue weighted by Gasteiger charge is -2.26. The molecule has 1 aliphatic rings. The number of methoxy groups -OCH3 is 1. The van der Waals surface area contributed by atoms with Gasteiger partial charge in [0.25, 0.3) is 0 Å². The normalized spacial score (nSPS) is 17.2. The molecule has 2 rings (SSSR count). The molecule has 0 radical (unpaired) electrons. The maximum Gasteiger partial charge on any atom is 0.239 e. The Morgan fingerprint density at radius 2 is 1.95 bits per heavy atom. The number of hydrogen-bond acceptors (Lipinski definition) is 5. The lowest BCUT2D eigenvalue weighted by atomic mass is 10.1. The fourth-order valence-electron chi connectivity index (χ4n) is 2.36. The molecule has 3 N–H and O–H groups in total. The van der Waals surface area contributed by atoms with Gasteiger partial charge in [0.2, 0.25) is 5.91 Å². The number of carbonyl (C=O) groups is 1. The average Bonchev–Trinajstić information content (AvgIpc) is 2.55. The Bertz CT molecular complexity index is 458. The number of nitrogens with one attached hydrogen (secondary N) is 1. The predicted molar refractivity (Wildman–Crippen MR) is 84.2 cm³/mol. The van der Waals surface area contributed by atoms with Crippen molar-refractivity contribution in [2.75, 3.05) is 40.0 Å². The molecule has 0 bridgehead atoms. The number of hydrogen-bond donors (Lipinski definition) is 2. The molecule has 1 unspecified atom stereocenters. The predicted octanol–water partition coefficient (Wildman–Crippen LogP) is 0.109. The molecule has 1 amide bonds. The summed E-state index contributed by atoms with van der Waals surface area (Å²) in [5, 5.41) is 2.81. The number of ether oxygens (including phenoxy) is 2. The van der Waals surface area contributed by atoms with Crippen molar-refractivity contribution in [3.05, 3.63) is 35.4 Å². The zero-order valence-electron chi connectivity index (χ0n) is 13.1. The Morgan fingerprint density at radius 1 is 1.32 bits per heavy atom. The van der Waals surface area contributed by atoms with Crippen LogP contribution in [-0.4, -0.2) is 56.9 Å². The van der Waals surface area contributed by atoms with Crippen molar-refractivity contribution < 1.29 is 14.3 Å². The molecule has 1 atom stereocenters. The van der Waals surface area contributed by atoms with Gasteiger partial charge in [-0.2, -0.15) is 0 Å². The Balaban J connectivity index is 1.77. The van der Waals surface area contributed by atoms with Gasteiger partial charge in [-0.1, -0.05) is 24.3 Å². The molecule has 6 nitrogen and oxygen atoms in total. The second-order valence-corrected chi connectivity index (χ2v) is 5.48. The van der Waals surface area contributed by atoms with Crippen LogP contribution in [0.5, 0.6) is 0 Å². The third kappa shape index (κ3) is 5.38. The molecule has 1 fully saturated rings. The van der Waals surface area contributed by atoms with Crippen LogP contribution in [0, 0.1) is 0 Å². The van der Waals surface area contributed by atoms with E-state index < -0.39 is 6.04 Å². The van der Waals surface area contributed by atoms with Crippen LogP contribution in [0.3, 0.4) is 0 Å². The van der Waals surface area contributed by atoms with Gasteiger partial charge in [0, 0.05) is 33.3 Å². The molecule has 0 aromatic heterocycles. The minimum absolute atomic E-state index is 0.195. The van der Waals surface area contributed by atoms with Crippen molar-refractivity contribution in [3.8, 4) is 0 Å². The minimum Gasteiger partial charge on any atom is -0.383 e. The molecule has 1 heterocycles. The zero-order chi connectivity index (χ0) is 15.8. The fraction of sp³-hybridized carbons (Fsp3) is 0.562. The Hall–Kier alpha value is -1.47. The summed E-state index contributed by atoms with van der Waals surface area (Å²) in [5.41, 5.74) is 8.00. The van der Waals surface area contributed by atoms with E-state index in [0.717, 1.165) is 38.4 Å². The highest BCUT2D eigenvalue weighted by atomic mass is 16.5. The van der Waals surface area contributed by atoms with Crippen LogP contribution < -0.4 is 11.1 Å². The summed E-state index contributed by atoms with van der Waals surface area (Å²) in [6.45, 7) is 5.23. The quantitative estimate of drug-likeness (QED) is 0.748. The molecule has 22 heavy (non-hydrogen) atoms. The number of carbonyl (C=O) groups excluding carboxylic acids is 1. The topological polar surface area (TPSA) is 76.8 Å². The van der Waals surface area contributed by atoms with E-state index in [0.29, 0.717) is 6.54 Å². The summed E-state index contributed by atoms with van der Waals surface area (Å²) in [6.07, 6.45) is 0. The highest BCUT2D eigenvalue weighted by molar-refractivity contribution is 5.81. The lowest BCUT2D eigenvalue weighted by Crippen LogP contribution is -2.43. The van der Waals surface area contributed by atoms with E-state index in [1.165, 1.54) is 12.7 Å². The monoisotopic (exact) mass is 307 g/mol. The van der Waals surface area contributed by atoms with Gasteiger partial charge in [-0.05, 0) is 11.1 Å². The third-order valence-electron chi connectivity index (χ3n) is 3.68. The minimum atomic E-state index is -0.620. The second-order valence-electron chi connectivity index (χ2n) is 5.48. The van der Waals surface area contributed by atoms with Crippen LogP contribution in [0.1, 0.15) is 11.1 Å². The third-order valence-corrected chi connectivity index (χ3v) is 3.68. The number of rotatable bonds is 7. The molecular formula is C16H25N3O3. The summed E-state index contributed by atoms with van der Waals surface area (Å²) < 4.78 is 10.2. The summed E-state index contributed by atoms with van der Waals surface area (Å²) in [6, 6.07) is 7.67. The smallest absolute Gasteiger partial charge is 0.239 e. The molecule has 0 aliphatic carbocycles. The van der Waals surface area contributed by atoms with E-state index in [1.54, 1.807) is 0 Å². The average molecular weight is 307 g/mol. The maximum atomic E-state index is 11.7. The first-order valence-electron chi connectivity index (χ1n) is 7.59. The fourth-order valence-corrected chi connectivity index (χ4v) is 2.36. The molecule has 1 aromatic rings. The Kier molecular flexibility index (Phi) is 6.79. The van der Waals surface area contributed by atoms with Crippen molar-refractivity contribution in [2.45, 2.75) is 19.1 Å². The molecule has 0 spiro atoms. The standard InChI is InChI=1S/C16H25N3O3/c1-21-12-15(17)16(20)18-10-13-2-4-14(5-3-13)11-19-6-8-22-9-7-19/h2-5,15H,6-12,17H2,1H3,(H,18,20). The van der Waals surface area contributed by atoms with Crippen molar-refractivity contribution in [1.29, 1.82) is 0 Å². The van der Waals surface area contributed by atoms with Crippen molar-refractivity contribution in [3.63, 3.8) is 0 Å². The molecule has 1 saturated heterocycles. The van der Waals surface area contributed by atoms with Gasteiger partial charge in [-0.3, -0.25) is 9.69 Å². The van der Waals surface area contributed by atoms with Crippen molar-refractivity contribution in [2.24, 2.45) is 5.73 Å². The maximum absolute atomic E-state index is 11.7. The van der Waals surface area contributed by atoms with Crippen LogP contribution in [0.2, 0.25) is 0 Å². The van der Waals surface area contributed by atoms with Gasteiger partial charge in [0.05, 0.1) is 19.8 Å². The van der Waals surface area contributed by atoms with Crippen LogP contribution in [0.25, 0.3) is 0 Å². The van der Waals surface area contributed by atoms with Crippen LogP contribution in [-0.2, 0) is 27.4 Å². The van der Waals surface area contributed by atoms with Crippen molar-refractivity contribution in [1.82, 2.24) is 10.2 Å². The van der Waals surface area contributed by atoms with Gasteiger partial charge in [-0.25, -0.2) is 0 Å². The summed E-state index contributed by atoms with van der Waals surface area (Å²) in [7, 11) is 1.53. The Labute approximate surface area is 131 Å². The van der Waals surface area contributed by atoms with Gasteiger partial charge >= 0.3 is 0 Å². The van der Waals surface area contributed by atoms with E-state index >= 15 is 0 Å². The van der Waals surface area contributed by atoms with Gasteiger partial charge in [-0.15, -0.1) is 0 Å². The molecule has 6 heteroatoms. The summed E-state index contributed by atoms with van der Waals surface area (Å²) in [5.74, 6) is -0.195. The first-order chi connectivity index (χ1) is 10.7. The number of nitrogens with zero attached hydrogens (tertiary/aromatic N) is 1. The first-order valence-corrected chi connectivity index (χ1v) is 7.59. The van der Waals surface area contributed by atoms with E-state index in [4.69, 9.17) is 15.2 Å². The van der Waals surface area contributed by atoms with Crippen molar-refractivity contribution >= 4 is 5.91 Å². The van der Waals surface area contributed by atoms with Crippen LogP contribution in [0.4, 0.5) is 0 Å². The number of morpholine rings is 1. The second kappa shape index (κ2) is 8.85. The SMILES string of the molecule is COCC(N)C(=O)NCc1ccc(CN2CCOCC2)cc1. The number of amides is 1. The van der Waals surface area contributed by atoms with E-state index in [2.05, 4.69) is 22.3 Å². The zero-order valence-corrected chi connectivity index (χ0v) is 13.1. The Morgan fingerprint density at radius 3 is 2.59 bits per heavy atom. The molecule has 1 aliphatic heterocycles. The van der Waals surface area contributed by atoms with Gasteiger partial charge in [0.15, 0.2) is 0 Å². The largest absolute Gasteiger partial charge is 0.383 e. The summed E-state index contributed by atoms with van der Waals surface area (Å²) >= 11 is 0. The lowest BCUT2D eigenvalue weighted by molar-refractivity contribution is -0.123. The molecule has 122 valence electrons. The van der Waals surface area contributed by atoms with Gasteiger partial charge < -0.3 is 20.5 Å². The molecular weight excluding hydrogens is 282 g/mol. The summed E-state index contributed by atoms with van der Waals surface area (Å²) in [4.78, 5) is 14.1. The van der Waals surface area contributed by atoms with E-state index in [9.17, 15) is 4.79 Å². The number of benzene rings is 1. The first kappa shape index (κ1) is 16.9. The highest BCUT2D eigenvalue weighted by Gasteiger charge is 2.13. The van der Waals surface area contributed by atoms with E-state index in [1.807, 2.05) is 12.1 Å². The van der Waals surface area contributed by atoms with Crippen LogP contribution in [0.15, 0.2) is 24.3 Å².